The van der Waals surface area contributed by atoms with E-state index < -0.39 is 6.09 Å². The number of benzene rings is 3. The van der Waals surface area contributed by atoms with E-state index in [9.17, 15) is 4.79 Å². The number of amides is 1. The average molecular weight is 434 g/mol. The zero-order valence-corrected chi connectivity index (χ0v) is 19.1. The van der Waals surface area contributed by atoms with Gasteiger partial charge in [-0.05, 0) is 53.9 Å². The lowest BCUT2D eigenvalue weighted by Gasteiger charge is -2.26. The highest BCUT2D eigenvalue weighted by molar-refractivity contribution is 5.84. The van der Waals surface area contributed by atoms with Gasteiger partial charge in [-0.3, -0.25) is 5.32 Å². The van der Waals surface area contributed by atoms with Crippen molar-refractivity contribution in [3.05, 3.63) is 90.0 Å². The van der Waals surface area contributed by atoms with E-state index in [1.165, 1.54) is 11.1 Å². The number of carbonyl (C=O) groups is 1. The minimum atomic E-state index is -0.483. The predicted molar refractivity (Wildman–Crippen MR) is 128 cm³/mol. The maximum Gasteiger partial charge on any atom is 0.412 e. The Labute approximate surface area is 190 Å². The molecule has 1 atom stereocenters. The third-order valence-electron chi connectivity index (χ3n) is 5.57. The number of anilines is 1. The first kappa shape index (κ1) is 23.2. The van der Waals surface area contributed by atoms with E-state index in [4.69, 9.17) is 14.2 Å². The molecule has 0 aromatic heterocycles. The highest BCUT2D eigenvalue weighted by atomic mass is 16.6. The second-order valence-corrected chi connectivity index (χ2v) is 8.12. The van der Waals surface area contributed by atoms with Crippen molar-refractivity contribution in [3.8, 4) is 11.5 Å². The van der Waals surface area contributed by atoms with Gasteiger partial charge in [0.05, 0.1) is 7.11 Å². The van der Waals surface area contributed by atoms with Gasteiger partial charge < -0.3 is 14.2 Å². The molecule has 5 heteroatoms. The van der Waals surface area contributed by atoms with Gasteiger partial charge in [0, 0.05) is 11.1 Å². The zero-order chi connectivity index (χ0) is 23.0. The van der Waals surface area contributed by atoms with Crippen LogP contribution in [0.2, 0.25) is 0 Å². The number of methoxy groups -OCH3 is 1. The summed E-state index contributed by atoms with van der Waals surface area (Å²) in [5, 5.41) is 2.73. The summed E-state index contributed by atoms with van der Waals surface area (Å²) in [7, 11) is 1.67. The second-order valence-electron chi connectivity index (χ2n) is 8.12. The van der Waals surface area contributed by atoms with Crippen molar-refractivity contribution >= 4 is 11.8 Å². The Morgan fingerprint density at radius 3 is 1.97 bits per heavy atom. The Balaban J connectivity index is 1.56. The molecular formula is C27H31NO4. The van der Waals surface area contributed by atoms with Crippen LogP contribution < -0.4 is 14.8 Å². The Kier molecular flexibility index (Phi) is 7.77. The molecule has 1 unspecified atom stereocenters. The molecule has 5 nitrogen and oxygen atoms in total. The van der Waals surface area contributed by atoms with Crippen molar-refractivity contribution in [2.75, 3.05) is 19.0 Å². The number of ether oxygens (including phenoxy) is 3. The second kappa shape index (κ2) is 10.7. The Morgan fingerprint density at radius 2 is 1.44 bits per heavy atom. The third-order valence-corrected chi connectivity index (χ3v) is 5.57. The van der Waals surface area contributed by atoms with Crippen molar-refractivity contribution in [2.45, 2.75) is 38.7 Å². The maximum atomic E-state index is 12.1. The Bertz CT molecular complexity index is 982. The van der Waals surface area contributed by atoms with E-state index in [2.05, 4.69) is 43.4 Å². The van der Waals surface area contributed by atoms with Crippen LogP contribution in [0.5, 0.6) is 11.5 Å². The van der Waals surface area contributed by atoms with Crippen LogP contribution in [0.1, 0.15) is 38.3 Å². The highest BCUT2D eigenvalue weighted by Crippen LogP contribution is 2.33. The molecule has 0 saturated carbocycles. The molecule has 1 amide bonds. The topological polar surface area (TPSA) is 56.8 Å². The molecule has 32 heavy (non-hydrogen) atoms. The predicted octanol–water partition coefficient (Wildman–Crippen LogP) is 6.43. The van der Waals surface area contributed by atoms with E-state index >= 15 is 0 Å². The molecule has 0 bridgehead atoms. The summed E-state index contributed by atoms with van der Waals surface area (Å²) >= 11 is 0. The number of para-hydroxylation sites is 1. The maximum absolute atomic E-state index is 12.1. The van der Waals surface area contributed by atoms with Crippen LogP contribution in [-0.2, 0) is 10.2 Å². The molecule has 0 heterocycles. The van der Waals surface area contributed by atoms with E-state index in [0.717, 1.165) is 11.5 Å². The molecule has 0 radical (unpaired) electrons. The van der Waals surface area contributed by atoms with Crippen LogP contribution in [0.25, 0.3) is 0 Å². The monoisotopic (exact) mass is 433 g/mol. The average Bonchev–Trinajstić information content (AvgIpc) is 2.82. The summed E-state index contributed by atoms with van der Waals surface area (Å²) in [6, 6.07) is 25.4. The minimum Gasteiger partial charge on any atom is -0.497 e. The van der Waals surface area contributed by atoms with Crippen molar-refractivity contribution in [2.24, 2.45) is 0 Å². The summed E-state index contributed by atoms with van der Waals surface area (Å²) < 4.78 is 16.6. The van der Waals surface area contributed by atoms with Crippen LogP contribution in [-0.4, -0.2) is 25.9 Å². The van der Waals surface area contributed by atoms with E-state index in [0.29, 0.717) is 18.7 Å². The van der Waals surface area contributed by atoms with Crippen LogP contribution in [0.3, 0.4) is 0 Å². The number of carbonyl (C=O) groups excluding carboxylic acids is 1. The number of hydrogen-bond acceptors (Lipinski definition) is 4. The van der Waals surface area contributed by atoms with Gasteiger partial charge in [0.2, 0.25) is 0 Å². The molecular weight excluding hydrogens is 402 g/mol. The molecule has 168 valence electrons. The molecule has 3 aromatic carbocycles. The van der Waals surface area contributed by atoms with Gasteiger partial charge >= 0.3 is 6.09 Å². The molecule has 0 aliphatic heterocycles. The van der Waals surface area contributed by atoms with Gasteiger partial charge in [0.25, 0.3) is 0 Å². The quantitative estimate of drug-likeness (QED) is 0.423. The smallest absolute Gasteiger partial charge is 0.412 e. The fraction of sp³-hybridized carbons (Fsp3) is 0.296. The first-order chi connectivity index (χ1) is 15.4. The standard InChI is InChI=1S/C27H31NO4/c1-5-23(32-26(29)28-22-9-7-6-8-10-22)19-31-25-17-13-21(14-18-25)27(2,3)20-11-15-24(30-4)16-12-20/h6-18,23H,5,19H2,1-4H3,(H,28,29). The van der Waals surface area contributed by atoms with E-state index in [1.807, 2.05) is 61.5 Å². The fourth-order valence-electron chi connectivity index (χ4n) is 3.39. The van der Waals surface area contributed by atoms with Crippen molar-refractivity contribution in [3.63, 3.8) is 0 Å². The lowest BCUT2D eigenvalue weighted by Crippen LogP contribution is -2.27. The molecule has 0 aliphatic rings. The molecule has 3 rings (SSSR count). The van der Waals surface area contributed by atoms with Gasteiger partial charge in [-0.15, -0.1) is 0 Å². The van der Waals surface area contributed by atoms with Gasteiger partial charge in [-0.25, -0.2) is 4.79 Å². The summed E-state index contributed by atoms with van der Waals surface area (Å²) in [5.41, 5.74) is 2.93. The Hall–Kier alpha value is -3.47. The first-order valence-electron chi connectivity index (χ1n) is 10.8. The first-order valence-corrected chi connectivity index (χ1v) is 10.8. The van der Waals surface area contributed by atoms with Crippen molar-refractivity contribution in [1.82, 2.24) is 0 Å². The normalized spacial score (nSPS) is 12.0. The van der Waals surface area contributed by atoms with Gasteiger partial charge in [-0.1, -0.05) is 63.2 Å². The molecule has 0 fully saturated rings. The number of hydrogen-bond donors (Lipinski definition) is 1. The number of nitrogens with one attached hydrogen (secondary N) is 1. The number of rotatable bonds is 9. The summed E-state index contributed by atoms with van der Waals surface area (Å²) in [6.45, 7) is 6.64. The van der Waals surface area contributed by atoms with E-state index in [-0.39, 0.29) is 11.5 Å². The van der Waals surface area contributed by atoms with E-state index in [1.54, 1.807) is 7.11 Å². The summed E-state index contributed by atoms with van der Waals surface area (Å²) in [6.07, 6.45) is -0.164. The highest BCUT2D eigenvalue weighted by Gasteiger charge is 2.23. The van der Waals surface area contributed by atoms with Crippen LogP contribution in [0.15, 0.2) is 78.9 Å². The lowest BCUT2D eigenvalue weighted by atomic mass is 9.78. The largest absolute Gasteiger partial charge is 0.497 e. The molecule has 0 spiro atoms. The molecule has 1 N–H and O–H groups in total. The van der Waals surface area contributed by atoms with Crippen LogP contribution in [0, 0.1) is 0 Å². The Morgan fingerprint density at radius 1 is 0.875 bits per heavy atom. The molecule has 0 saturated heterocycles. The van der Waals surface area contributed by atoms with Crippen molar-refractivity contribution < 1.29 is 19.0 Å². The SMILES string of the molecule is CCC(COc1ccc(C(C)(C)c2ccc(OC)cc2)cc1)OC(=O)Nc1ccccc1. The fourth-order valence-corrected chi connectivity index (χ4v) is 3.39. The van der Waals surface area contributed by atoms with Crippen LogP contribution in [0.4, 0.5) is 10.5 Å². The van der Waals surface area contributed by atoms with Gasteiger partial charge in [0.15, 0.2) is 0 Å². The summed E-state index contributed by atoms with van der Waals surface area (Å²) in [5.74, 6) is 1.59. The third kappa shape index (κ3) is 6.03. The van der Waals surface area contributed by atoms with Crippen LogP contribution >= 0.6 is 0 Å². The molecule has 0 aliphatic carbocycles. The molecule has 3 aromatic rings. The summed E-state index contributed by atoms with van der Waals surface area (Å²) in [4.78, 5) is 12.1. The van der Waals surface area contributed by atoms with Gasteiger partial charge in [-0.2, -0.15) is 0 Å². The minimum absolute atomic E-state index is 0.157. The lowest BCUT2D eigenvalue weighted by molar-refractivity contribution is 0.0725. The van der Waals surface area contributed by atoms with Gasteiger partial charge in [0.1, 0.15) is 24.2 Å². The van der Waals surface area contributed by atoms with Crippen molar-refractivity contribution in [1.29, 1.82) is 0 Å². The zero-order valence-electron chi connectivity index (χ0n) is 19.1.